The van der Waals surface area contributed by atoms with E-state index in [9.17, 15) is 0 Å². The second-order valence-corrected chi connectivity index (χ2v) is 4.68. The summed E-state index contributed by atoms with van der Waals surface area (Å²) in [6.45, 7) is 2.92. The monoisotopic (exact) mass is 256 g/mol. The third-order valence-corrected chi connectivity index (χ3v) is 2.80. The predicted molar refractivity (Wildman–Crippen MR) is 83.3 cm³/mol. The number of hydrogen-bond acceptors (Lipinski definition) is 4. The van der Waals surface area contributed by atoms with Crippen molar-refractivity contribution in [3.8, 4) is 0 Å². The number of nitrogens with one attached hydrogen (secondary N) is 2. The summed E-state index contributed by atoms with van der Waals surface area (Å²) < 4.78 is 0. The van der Waals surface area contributed by atoms with Gasteiger partial charge in [0.1, 0.15) is 0 Å². The first-order valence-electron chi connectivity index (χ1n) is 6.35. The molecule has 100 valence electrons. The van der Waals surface area contributed by atoms with Gasteiger partial charge in [0.25, 0.3) is 0 Å². The Labute approximate surface area is 113 Å². The smallest absolute Gasteiger partial charge is 0.0405 e. The fraction of sp³-hybridized carbons (Fsp3) is 0.200. The highest BCUT2D eigenvalue weighted by Crippen LogP contribution is 2.14. The van der Waals surface area contributed by atoms with Crippen molar-refractivity contribution in [2.24, 2.45) is 0 Å². The zero-order chi connectivity index (χ0) is 13.7. The average molecular weight is 256 g/mol. The van der Waals surface area contributed by atoms with E-state index in [4.69, 9.17) is 11.5 Å². The van der Waals surface area contributed by atoms with Crippen LogP contribution in [0.3, 0.4) is 0 Å². The third kappa shape index (κ3) is 4.10. The number of anilines is 4. The van der Waals surface area contributed by atoms with Gasteiger partial charge >= 0.3 is 0 Å². The van der Waals surface area contributed by atoms with Crippen molar-refractivity contribution in [1.82, 2.24) is 0 Å². The maximum Gasteiger partial charge on any atom is 0.0405 e. The van der Waals surface area contributed by atoms with Crippen LogP contribution in [0.5, 0.6) is 0 Å². The molecule has 0 spiro atoms. The Morgan fingerprint density at radius 3 is 2.16 bits per heavy atom. The molecule has 0 aliphatic heterocycles. The zero-order valence-electron chi connectivity index (χ0n) is 11.1. The minimum atomic E-state index is 0.281. The molecular weight excluding hydrogens is 236 g/mol. The maximum absolute atomic E-state index is 5.75. The Morgan fingerprint density at radius 2 is 1.53 bits per heavy atom. The standard InChI is InChI=1S/C15H20N4/c1-11(19-15-7-3-5-13(17)9-15)10-18-14-6-2-4-12(16)8-14/h2-9,11,18-19H,10,16-17H2,1H3. The van der Waals surface area contributed by atoms with E-state index in [2.05, 4.69) is 17.6 Å². The van der Waals surface area contributed by atoms with Crippen molar-refractivity contribution in [3.63, 3.8) is 0 Å². The average Bonchev–Trinajstić information content (AvgIpc) is 2.36. The van der Waals surface area contributed by atoms with Crippen molar-refractivity contribution in [2.45, 2.75) is 13.0 Å². The van der Waals surface area contributed by atoms with Gasteiger partial charge in [-0.2, -0.15) is 0 Å². The Bertz CT molecular complexity index is 539. The minimum Gasteiger partial charge on any atom is -0.399 e. The molecule has 2 rings (SSSR count). The first kappa shape index (κ1) is 13.1. The van der Waals surface area contributed by atoms with Crippen molar-refractivity contribution >= 4 is 22.7 Å². The first-order valence-corrected chi connectivity index (χ1v) is 6.35. The topological polar surface area (TPSA) is 76.1 Å². The fourth-order valence-corrected chi connectivity index (χ4v) is 1.88. The summed E-state index contributed by atoms with van der Waals surface area (Å²) in [6, 6.07) is 15.8. The highest BCUT2D eigenvalue weighted by Gasteiger charge is 2.02. The lowest BCUT2D eigenvalue weighted by atomic mass is 10.2. The molecule has 4 heteroatoms. The van der Waals surface area contributed by atoms with Crippen molar-refractivity contribution < 1.29 is 0 Å². The van der Waals surface area contributed by atoms with Crippen LogP contribution >= 0.6 is 0 Å². The van der Waals surface area contributed by atoms with Crippen molar-refractivity contribution in [1.29, 1.82) is 0 Å². The van der Waals surface area contributed by atoms with Crippen LogP contribution in [-0.4, -0.2) is 12.6 Å². The van der Waals surface area contributed by atoms with E-state index in [0.29, 0.717) is 0 Å². The summed E-state index contributed by atoms with van der Waals surface area (Å²) >= 11 is 0. The molecule has 6 N–H and O–H groups in total. The minimum absolute atomic E-state index is 0.281. The van der Waals surface area contributed by atoms with Crippen LogP contribution in [0.25, 0.3) is 0 Å². The SMILES string of the molecule is CC(CNc1cccc(N)c1)Nc1cccc(N)c1. The van der Waals surface area contributed by atoms with Gasteiger partial charge in [-0.1, -0.05) is 12.1 Å². The van der Waals surface area contributed by atoms with Crippen molar-refractivity contribution in [3.05, 3.63) is 48.5 Å². The second-order valence-electron chi connectivity index (χ2n) is 4.68. The fourth-order valence-electron chi connectivity index (χ4n) is 1.88. The van der Waals surface area contributed by atoms with Gasteiger partial charge in [0.15, 0.2) is 0 Å². The summed E-state index contributed by atoms with van der Waals surface area (Å²) in [4.78, 5) is 0. The maximum atomic E-state index is 5.75. The van der Waals surface area contributed by atoms with Gasteiger partial charge in [0.2, 0.25) is 0 Å². The number of benzene rings is 2. The molecule has 0 amide bonds. The van der Waals surface area contributed by atoms with Crippen LogP contribution in [0, 0.1) is 0 Å². The largest absolute Gasteiger partial charge is 0.399 e. The Kier molecular flexibility index (Phi) is 4.13. The van der Waals surface area contributed by atoms with Gasteiger partial charge in [-0.05, 0) is 43.3 Å². The molecule has 19 heavy (non-hydrogen) atoms. The molecule has 0 aliphatic rings. The van der Waals surface area contributed by atoms with E-state index in [1.54, 1.807) is 0 Å². The zero-order valence-corrected chi connectivity index (χ0v) is 11.1. The lowest BCUT2D eigenvalue weighted by molar-refractivity contribution is 0.836. The quantitative estimate of drug-likeness (QED) is 0.620. The van der Waals surface area contributed by atoms with E-state index in [0.717, 1.165) is 29.3 Å². The van der Waals surface area contributed by atoms with Gasteiger partial charge in [-0.15, -0.1) is 0 Å². The predicted octanol–water partition coefficient (Wildman–Crippen LogP) is 2.76. The summed E-state index contributed by atoms with van der Waals surface area (Å²) in [6.07, 6.45) is 0. The van der Waals surface area contributed by atoms with Gasteiger partial charge < -0.3 is 22.1 Å². The van der Waals surface area contributed by atoms with E-state index < -0.39 is 0 Å². The molecule has 0 fully saturated rings. The Hall–Kier alpha value is -2.36. The summed E-state index contributed by atoms with van der Waals surface area (Å²) in [5, 5.41) is 6.74. The first-order chi connectivity index (χ1) is 9.13. The van der Waals surface area contributed by atoms with Gasteiger partial charge in [-0.25, -0.2) is 0 Å². The lowest BCUT2D eigenvalue weighted by Crippen LogP contribution is -2.24. The molecule has 0 bridgehead atoms. The number of nitrogen functional groups attached to an aromatic ring is 2. The van der Waals surface area contributed by atoms with Crippen LogP contribution < -0.4 is 22.1 Å². The molecular formula is C15H20N4. The van der Waals surface area contributed by atoms with E-state index in [-0.39, 0.29) is 6.04 Å². The van der Waals surface area contributed by atoms with Crippen LogP contribution in [-0.2, 0) is 0 Å². The molecule has 2 aromatic carbocycles. The highest BCUT2D eigenvalue weighted by atomic mass is 15.0. The Balaban J connectivity index is 1.86. The normalized spacial score (nSPS) is 11.8. The molecule has 0 aromatic heterocycles. The van der Waals surface area contributed by atoms with Crippen LogP contribution in [0.1, 0.15) is 6.92 Å². The number of rotatable bonds is 5. The molecule has 0 heterocycles. The van der Waals surface area contributed by atoms with E-state index >= 15 is 0 Å². The van der Waals surface area contributed by atoms with E-state index in [1.807, 2.05) is 48.5 Å². The van der Waals surface area contributed by atoms with Crippen LogP contribution in [0.2, 0.25) is 0 Å². The summed E-state index contributed by atoms with van der Waals surface area (Å²) in [5.74, 6) is 0. The van der Waals surface area contributed by atoms with Crippen LogP contribution in [0.15, 0.2) is 48.5 Å². The molecule has 1 atom stereocenters. The van der Waals surface area contributed by atoms with Gasteiger partial charge in [0, 0.05) is 35.3 Å². The second kappa shape index (κ2) is 6.00. The molecule has 0 aliphatic carbocycles. The molecule has 0 saturated heterocycles. The molecule has 1 unspecified atom stereocenters. The lowest BCUT2D eigenvalue weighted by Gasteiger charge is -2.17. The van der Waals surface area contributed by atoms with Gasteiger partial charge in [-0.3, -0.25) is 0 Å². The molecule has 2 aromatic rings. The summed E-state index contributed by atoms with van der Waals surface area (Å²) in [5.41, 5.74) is 15.1. The van der Waals surface area contributed by atoms with Gasteiger partial charge in [0.05, 0.1) is 0 Å². The molecule has 4 nitrogen and oxygen atoms in total. The summed E-state index contributed by atoms with van der Waals surface area (Å²) in [7, 11) is 0. The number of nitrogens with two attached hydrogens (primary N) is 2. The Morgan fingerprint density at radius 1 is 0.947 bits per heavy atom. The molecule has 0 saturated carbocycles. The van der Waals surface area contributed by atoms with Crippen LogP contribution in [0.4, 0.5) is 22.7 Å². The highest BCUT2D eigenvalue weighted by molar-refractivity contribution is 5.56. The van der Waals surface area contributed by atoms with Crippen molar-refractivity contribution in [2.75, 3.05) is 28.6 Å². The number of hydrogen-bond donors (Lipinski definition) is 4. The van der Waals surface area contributed by atoms with E-state index in [1.165, 1.54) is 0 Å². The molecule has 0 radical (unpaired) electrons. The third-order valence-electron chi connectivity index (χ3n) is 2.80.